The van der Waals surface area contributed by atoms with Crippen LogP contribution in [0.4, 0.5) is 0 Å². The molecule has 0 bridgehead atoms. The van der Waals surface area contributed by atoms with Crippen LogP contribution in [0.3, 0.4) is 0 Å². The lowest BCUT2D eigenvalue weighted by Crippen LogP contribution is -2.02. The van der Waals surface area contributed by atoms with E-state index in [1.807, 2.05) is 0 Å². The Morgan fingerprint density at radius 2 is 1.88 bits per heavy atom. The zero-order chi connectivity index (χ0) is 12.1. The molecule has 0 heterocycles. The average molecular weight is 261 g/mol. The van der Waals surface area contributed by atoms with Crippen molar-refractivity contribution in [2.45, 2.75) is 19.3 Å². The molecule has 0 spiro atoms. The zero-order valence-corrected chi connectivity index (χ0v) is 9.88. The number of carbonyl (C=O) groups excluding carboxylic acids is 1. The highest BCUT2D eigenvalue weighted by Gasteiger charge is 2.11. The summed E-state index contributed by atoms with van der Waals surface area (Å²) in [5.74, 6) is -1.07. The van der Waals surface area contributed by atoms with Gasteiger partial charge in [0.25, 0.3) is 0 Å². The number of benzene rings is 1. The number of rotatable bonds is 5. The monoisotopic (exact) mass is 260 g/mol. The summed E-state index contributed by atoms with van der Waals surface area (Å²) >= 11 is 11.5. The minimum atomic E-state index is -0.907. The first-order valence-corrected chi connectivity index (χ1v) is 5.46. The Kier molecular flexibility index (Phi) is 4.77. The summed E-state index contributed by atoms with van der Waals surface area (Å²) in [5, 5.41) is 9.20. The van der Waals surface area contributed by atoms with E-state index in [4.69, 9.17) is 28.3 Å². The quantitative estimate of drug-likeness (QED) is 0.826. The molecule has 1 rings (SSSR count). The van der Waals surface area contributed by atoms with Crippen LogP contribution in [0.2, 0.25) is 10.0 Å². The van der Waals surface area contributed by atoms with Gasteiger partial charge < -0.3 is 5.11 Å². The number of hydrogen-bond donors (Lipinski definition) is 1. The highest BCUT2D eigenvalue weighted by molar-refractivity contribution is 6.36. The Morgan fingerprint density at radius 3 is 2.44 bits per heavy atom. The topological polar surface area (TPSA) is 54.4 Å². The summed E-state index contributed by atoms with van der Waals surface area (Å²) in [7, 11) is 0. The van der Waals surface area contributed by atoms with Gasteiger partial charge in [-0.2, -0.15) is 0 Å². The minimum absolute atomic E-state index is 0.0169. The van der Waals surface area contributed by atoms with Gasteiger partial charge in [-0.05, 0) is 24.6 Å². The fraction of sp³-hybridized carbons (Fsp3) is 0.273. The van der Waals surface area contributed by atoms with Gasteiger partial charge in [-0.15, -0.1) is 0 Å². The Labute approximate surface area is 103 Å². The van der Waals surface area contributed by atoms with Crippen molar-refractivity contribution < 1.29 is 14.7 Å². The van der Waals surface area contributed by atoms with Crippen LogP contribution in [0.25, 0.3) is 0 Å². The summed E-state index contributed by atoms with van der Waals surface area (Å²) in [4.78, 5) is 21.9. The van der Waals surface area contributed by atoms with Crippen molar-refractivity contribution in [1.82, 2.24) is 0 Å². The van der Waals surface area contributed by atoms with Crippen LogP contribution in [-0.2, 0) is 4.79 Å². The highest BCUT2D eigenvalue weighted by Crippen LogP contribution is 2.22. The lowest BCUT2D eigenvalue weighted by atomic mass is 10.1. The van der Waals surface area contributed by atoms with Gasteiger partial charge in [0, 0.05) is 23.4 Å². The second-order valence-corrected chi connectivity index (χ2v) is 4.14. The van der Waals surface area contributed by atoms with Crippen LogP contribution in [0, 0.1) is 0 Å². The molecule has 0 radical (unpaired) electrons. The molecule has 0 aromatic heterocycles. The Morgan fingerprint density at radius 1 is 1.19 bits per heavy atom. The van der Waals surface area contributed by atoms with Gasteiger partial charge in [0.1, 0.15) is 0 Å². The maximum absolute atomic E-state index is 11.6. The van der Waals surface area contributed by atoms with E-state index >= 15 is 0 Å². The highest BCUT2D eigenvalue weighted by atomic mass is 35.5. The molecule has 1 N–H and O–H groups in total. The second-order valence-electron chi connectivity index (χ2n) is 3.29. The molecular weight excluding hydrogens is 251 g/mol. The van der Waals surface area contributed by atoms with Crippen molar-refractivity contribution in [3.05, 3.63) is 33.8 Å². The lowest BCUT2D eigenvalue weighted by molar-refractivity contribution is -0.137. The first kappa shape index (κ1) is 13.0. The molecule has 0 aliphatic heterocycles. The largest absolute Gasteiger partial charge is 0.481 e. The number of ketones is 1. The summed E-state index contributed by atoms with van der Waals surface area (Å²) in [6.45, 7) is 0. The molecule has 0 saturated heterocycles. The van der Waals surface area contributed by atoms with Crippen molar-refractivity contribution in [3.8, 4) is 0 Å². The summed E-state index contributed by atoms with van der Waals surface area (Å²) in [6.07, 6.45) is 0.470. The zero-order valence-electron chi connectivity index (χ0n) is 8.37. The van der Waals surface area contributed by atoms with Crippen molar-refractivity contribution in [2.24, 2.45) is 0 Å². The molecule has 0 unspecified atom stereocenters. The van der Waals surface area contributed by atoms with Crippen molar-refractivity contribution in [1.29, 1.82) is 0 Å². The maximum atomic E-state index is 11.6. The minimum Gasteiger partial charge on any atom is -0.481 e. The average Bonchev–Trinajstić information content (AvgIpc) is 2.16. The summed E-state index contributed by atoms with van der Waals surface area (Å²) in [5.41, 5.74) is 0.386. The van der Waals surface area contributed by atoms with E-state index in [-0.39, 0.29) is 18.6 Å². The Balaban J connectivity index is 2.63. The molecule has 1 aromatic carbocycles. The Hall–Kier alpha value is -1.06. The van der Waals surface area contributed by atoms with E-state index in [9.17, 15) is 9.59 Å². The predicted octanol–water partition coefficient (Wildman–Crippen LogP) is 3.43. The normalized spacial score (nSPS) is 10.1. The standard InChI is InChI=1S/C11H10Cl2O3/c12-7-4-5-8(9(13)6-7)10(14)2-1-3-11(15)16/h4-6H,1-3H2,(H,15,16). The van der Waals surface area contributed by atoms with E-state index in [2.05, 4.69) is 0 Å². The van der Waals surface area contributed by atoms with E-state index in [0.717, 1.165) is 0 Å². The number of carboxylic acids is 1. The number of Topliss-reactive ketones (excluding diaryl/α,β-unsaturated/α-hetero) is 1. The first-order valence-electron chi connectivity index (χ1n) is 4.70. The smallest absolute Gasteiger partial charge is 0.303 e. The number of aliphatic carboxylic acids is 1. The van der Waals surface area contributed by atoms with Crippen LogP contribution >= 0.6 is 23.2 Å². The molecule has 0 aliphatic carbocycles. The van der Waals surface area contributed by atoms with E-state index < -0.39 is 5.97 Å². The maximum Gasteiger partial charge on any atom is 0.303 e. The van der Waals surface area contributed by atoms with Gasteiger partial charge in [-0.3, -0.25) is 9.59 Å². The van der Waals surface area contributed by atoms with Gasteiger partial charge in [0.2, 0.25) is 0 Å². The van der Waals surface area contributed by atoms with Crippen LogP contribution in [0.15, 0.2) is 18.2 Å². The van der Waals surface area contributed by atoms with E-state index in [0.29, 0.717) is 22.0 Å². The van der Waals surface area contributed by atoms with Gasteiger partial charge in [0.05, 0.1) is 5.02 Å². The molecule has 0 amide bonds. The van der Waals surface area contributed by atoms with E-state index in [1.54, 1.807) is 12.1 Å². The van der Waals surface area contributed by atoms with Crippen molar-refractivity contribution >= 4 is 35.0 Å². The van der Waals surface area contributed by atoms with Gasteiger partial charge in [-0.25, -0.2) is 0 Å². The fourth-order valence-electron chi connectivity index (χ4n) is 1.25. The third kappa shape index (κ3) is 3.83. The predicted molar refractivity (Wildman–Crippen MR) is 62.3 cm³/mol. The fourth-order valence-corrected chi connectivity index (χ4v) is 1.76. The summed E-state index contributed by atoms with van der Waals surface area (Å²) < 4.78 is 0. The summed E-state index contributed by atoms with van der Waals surface area (Å²) in [6, 6.07) is 4.62. The first-order chi connectivity index (χ1) is 7.50. The van der Waals surface area contributed by atoms with Crippen LogP contribution in [0.5, 0.6) is 0 Å². The van der Waals surface area contributed by atoms with E-state index in [1.165, 1.54) is 6.07 Å². The molecule has 86 valence electrons. The molecule has 0 fully saturated rings. The van der Waals surface area contributed by atoms with Gasteiger partial charge >= 0.3 is 5.97 Å². The third-order valence-corrected chi connectivity index (χ3v) is 2.57. The molecule has 16 heavy (non-hydrogen) atoms. The van der Waals surface area contributed by atoms with Crippen molar-refractivity contribution in [2.75, 3.05) is 0 Å². The molecule has 0 aliphatic rings. The molecule has 0 atom stereocenters. The molecule has 5 heteroatoms. The third-order valence-electron chi connectivity index (χ3n) is 2.03. The number of carboxylic acid groups (broad SMARTS) is 1. The molecular formula is C11H10Cl2O3. The number of carbonyl (C=O) groups is 2. The number of hydrogen-bond acceptors (Lipinski definition) is 2. The van der Waals surface area contributed by atoms with Gasteiger partial charge in [0.15, 0.2) is 5.78 Å². The van der Waals surface area contributed by atoms with Crippen LogP contribution in [-0.4, -0.2) is 16.9 Å². The van der Waals surface area contributed by atoms with Crippen molar-refractivity contribution in [3.63, 3.8) is 0 Å². The lowest BCUT2D eigenvalue weighted by Gasteiger charge is -2.03. The second kappa shape index (κ2) is 5.87. The van der Waals surface area contributed by atoms with Crippen LogP contribution < -0.4 is 0 Å². The number of halogens is 2. The van der Waals surface area contributed by atoms with Crippen LogP contribution in [0.1, 0.15) is 29.6 Å². The molecule has 3 nitrogen and oxygen atoms in total. The Bertz CT molecular complexity index is 416. The molecule has 1 aromatic rings. The van der Waals surface area contributed by atoms with Gasteiger partial charge in [-0.1, -0.05) is 23.2 Å². The molecule has 0 saturated carbocycles. The SMILES string of the molecule is O=C(O)CCCC(=O)c1ccc(Cl)cc1Cl.